The Hall–Kier alpha value is -2.50. The number of rotatable bonds is 14. The molecule has 0 amide bonds. The summed E-state index contributed by atoms with van der Waals surface area (Å²) in [5.74, 6) is 4.46. The van der Waals surface area contributed by atoms with Crippen molar-refractivity contribution < 1.29 is 9.59 Å². The second-order valence-electron chi connectivity index (χ2n) is 13.4. The van der Waals surface area contributed by atoms with Crippen LogP contribution in [0.4, 0.5) is 0 Å². The summed E-state index contributed by atoms with van der Waals surface area (Å²) < 4.78 is 0. The molecule has 0 aliphatic heterocycles. The van der Waals surface area contributed by atoms with Gasteiger partial charge >= 0.3 is 0 Å². The predicted octanol–water partition coefficient (Wildman–Crippen LogP) is 3.87. The van der Waals surface area contributed by atoms with Gasteiger partial charge in [-0.05, 0) is 83.0 Å². The number of hydrogen-bond donors (Lipinski definition) is 9. The zero-order chi connectivity index (χ0) is 32.1. The maximum Gasteiger partial charge on any atom is 0.218 e. The van der Waals surface area contributed by atoms with Crippen LogP contribution >= 0.6 is 0 Å². The van der Waals surface area contributed by atoms with Gasteiger partial charge in [0.1, 0.15) is 0 Å². The molecule has 0 fully saturated rings. The Morgan fingerprint density at radius 1 is 0.744 bits per heavy atom. The number of carbonyl (C=O) groups excluding carboxylic acids is 2. The number of Topliss-reactive ketones (excluding diaryl/α,β-unsaturated/α-hetero) is 2. The van der Waals surface area contributed by atoms with Gasteiger partial charge in [0.05, 0.1) is 12.1 Å². The molecule has 0 bridgehead atoms. The van der Waals surface area contributed by atoms with Crippen molar-refractivity contribution in [2.24, 2.45) is 22.7 Å². The maximum atomic E-state index is 13.8. The molecule has 1 rings (SSSR count). The minimum atomic E-state index is -0.819. The van der Waals surface area contributed by atoms with E-state index >= 15 is 0 Å². The SMILES string of the molecule is CC1(C)CCCCCC/C=C/CCCCCCC(C)(N[C@@H](CCCNC(=N)N)C(=O)C(=O)[C@H](CCCNC(=N)N)NN)C1. The summed E-state index contributed by atoms with van der Waals surface area (Å²) in [4.78, 5) is 27.2. The van der Waals surface area contributed by atoms with Crippen molar-refractivity contribution in [3.05, 3.63) is 12.2 Å². The van der Waals surface area contributed by atoms with Crippen molar-refractivity contribution >= 4 is 23.5 Å². The molecule has 0 aromatic rings. The number of hydrazine groups is 1. The van der Waals surface area contributed by atoms with Crippen LogP contribution in [0.1, 0.15) is 130 Å². The third-order valence-corrected chi connectivity index (χ3v) is 8.43. The smallest absolute Gasteiger partial charge is 0.218 e. The first kappa shape index (κ1) is 38.5. The number of hydrogen-bond acceptors (Lipinski definition) is 7. The third kappa shape index (κ3) is 18.0. The van der Waals surface area contributed by atoms with Gasteiger partial charge in [-0.15, -0.1) is 0 Å². The molecule has 0 saturated carbocycles. The maximum absolute atomic E-state index is 13.8. The lowest BCUT2D eigenvalue weighted by Crippen LogP contribution is -2.57. The average molecular weight is 606 g/mol. The van der Waals surface area contributed by atoms with Gasteiger partial charge < -0.3 is 27.4 Å². The van der Waals surface area contributed by atoms with E-state index in [1.165, 1.54) is 44.9 Å². The summed E-state index contributed by atoms with van der Waals surface area (Å²) in [5, 5.41) is 24.0. The van der Waals surface area contributed by atoms with E-state index in [4.69, 9.17) is 28.1 Å². The second kappa shape index (κ2) is 21.2. The molecule has 11 nitrogen and oxygen atoms in total. The highest BCUT2D eigenvalue weighted by Crippen LogP contribution is 2.36. The van der Waals surface area contributed by atoms with Crippen molar-refractivity contribution in [1.29, 1.82) is 10.8 Å². The van der Waals surface area contributed by atoms with E-state index in [0.29, 0.717) is 38.8 Å². The van der Waals surface area contributed by atoms with E-state index < -0.39 is 23.7 Å². The van der Waals surface area contributed by atoms with Crippen LogP contribution in [0.2, 0.25) is 0 Å². The van der Waals surface area contributed by atoms with E-state index in [9.17, 15) is 9.59 Å². The van der Waals surface area contributed by atoms with Crippen LogP contribution in [-0.2, 0) is 9.59 Å². The lowest BCUT2D eigenvalue weighted by atomic mass is 9.73. The van der Waals surface area contributed by atoms with Crippen molar-refractivity contribution in [3.8, 4) is 0 Å². The summed E-state index contributed by atoms with van der Waals surface area (Å²) >= 11 is 0. The summed E-state index contributed by atoms with van der Waals surface area (Å²) in [5.41, 5.74) is 13.1. The predicted molar refractivity (Wildman–Crippen MR) is 178 cm³/mol. The number of carbonyl (C=O) groups is 2. The lowest BCUT2D eigenvalue weighted by molar-refractivity contribution is -0.139. The minimum absolute atomic E-state index is 0.0778. The van der Waals surface area contributed by atoms with E-state index in [0.717, 1.165) is 38.5 Å². The monoisotopic (exact) mass is 606 g/mol. The van der Waals surface area contributed by atoms with Crippen LogP contribution in [0.5, 0.6) is 0 Å². The fraction of sp³-hybridized carbons (Fsp3) is 0.812. The molecule has 1 aliphatic rings. The zero-order valence-corrected chi connectivity index (χ0v) is 27.3. The van der Waals surface area contributed by atoms with E-state index in [-0.39, 0.29) is 22.9 Å². The van der Waals surface area contributed by atoms with Gasteiger partial charge in [0, 0.05) is 18.6 Å². The minimum Gasteiger partial charge on any atom is -0.370 e. The molecular formula is C32H63N9O2. The fourth-order valence-electron chi connectivity index (χ4n) is 6.32. The Labute approximate surface area is 260 Å². The number of nitrogens with two attached hydrogens (primary N) is 3. The summed E-state index contributed by atoms with van der Waals surface area (Å²) in [6.07, 6.45) is 21.3. The van der Waals surface area contributed by atoms with Crippen LogP contribution in [0.25, 0.3) is 0 Å². The van der Waals surface area contributed by atoms with Crippen molar-refractivity contribution in [1.82, 2.24) is 21.4 Å². The molecular weight excluding hydrogens is 542 g/mol. The standard InChI is InChI=1S/C32H63N9O2/c1-31(2)20-14-12-10-8-6-4-5-7-9-11-13-15-21-32(3,24-31)40-25(18-16-22-38-29(33)34)27(42)28(43)26(41-37)19-17-23-39-30(35)36/h4-5,25-26,40-41H,6-24,37H2,1-3H3,(H4,33,34,38)(H4,35,36,39)/b5-4+/t25-,26-,32?/m0/s1. The zero-order valence-electron chi connectivity index (χ0n) is 27.3. The molecule has 1 unspecified atom stereocenters. The van der Waals surface area contributed by atoms with Crippen molar-refractivity contribution in [3.63, 3.8) is 0 Å². The quantitative estimate of drug-likeness (QED) is 0.0267. The normalized spacial score (nSPS) is 22.8. The first-order valence-corrected chi connectivity index (χ1v) is 16.5. The fourth-order valence-corrected chi connectivity index (χ4v) is 6.32. The molecule has 0 spiro atoms. The molecule has 43 heavy (non-hydrogen) atoms. The Morgan fingerprint density at radius 3 is 1.72 bits per heavy atom. The highest BCUT2D eigenvalue weighted by molar-refractivity contribution is 6.41. The van der Waals surface area contributed by atoms with Gasteiger partial charge in [-0.1, -0.05) is 64.5 Å². The van der Waals surface area contributed by atoms with Gasteiger partial charge in [0.25, 0.3) is 0 Å². The molecule has 1 aliphatic carbocycles. The van der Waals surface area contributed by atoms with Gasteiger partial charge in [0.2, 0.25) is 11.6 Å². The molecule has 3 atom stereocenters. The van der Waals surface area contributed by atoms with E-state index in [1.54, 1.807) is 0 Å². The number of guanidine groups is 2. The molecule has 0 aromatic heterocycles. The Bertz CT molecular complexity index is 877. The van der Waals surface area contributed by atoms with E-state index in [2.05, 4.69) is 54.3 Å². The number of nitrogens with one attached hydrogen (secondary N) is 6. The highest BCUT2D eigenvalue weighted by atomic mass is 16.2. The summed E-state index contributed by atoms with van der Waals surface area (Å²) in [6.45, 7) is 7.73. The highest BCUT2D eigenvalue weighted by Gasteiger charge is 2.38. The first-order chi connectivity index (χ1) is 20.4. The largest absolute Gasteiger partial charge is 0.370 e. The lowest BCUT2D eigenvalue weighted by Gasteiger charge is -2.41. The van der Waals surface area contributed by atoms with Crippen LogP contribution in [0.3, 0.4) is 0 Å². The van der Waals surface area contributed by atoms with Gasteiger partial charge in [-0.2, -0.15) is 0 Å². The summed E-state index contributed by atoms with van der Waals surface area (Å²) in [7, 11) is 0. The van der Waals surface area contributed by atoms with Crippen LogP contribution in [0.15, 0.2) is 12.2 Å². The molecule has 11 heteroatoms. The molecule has 0 heterocycles. The Balaban J connectivity index is 3.12. The Kier molecular flexibility index (Phi) is 19.0. The van der Waals surface area contributed by atoms with Crippen LogP contribution in [-0.4, -0.2) is 54.2 Å². The molecule has 0 saturated heterocycles. The van der Waals surface area contributed by atoms with Crippen molar-refractivity contribution in [2.75, 3.05) is 13.1 Å². The topological polar surface area (TPSA) is 208 Å². The van der Waals surface area contributed by atoms with Crippen molar-refractivity contribution in [2.45, 2.75) is 148 Å². The van der Waals surface area contributed by atoms with Gasteiger partial charge in [0.15, 0.2) is 11.9 Å². The molecule has 12 N–H and O–H groups in total. The number of ketones is 2. The molecule has 248 valence electrons. The summed E-state index contributed by atoms with van der Waals surface area (Å²) in [6, 6.07) is -1.49. The van der Waals surface area contributed by atoms with E-state index in [1.807, 2.05) is 0 Å². The van der Waals surface area contributed by atoms with Crippen LogP contribution in [0, 0.1) is 16.2 Å². The molecule has 0 radical (unpaired) electrons. The Morgan fingerprint density at radius 2 is 1.21 bits per heavy atom. The average Bonchev–Trinajstić information content (AvgIpc) is 2.93. The second-order valence-corrected chi connectivity index (χ2v) is 13.4. The van der Waals surface area contributed by atoms with Gasteiger partial charge in [-0.3, -0.25) is 26.3 Å². The van der Waals surface area contributed by atoms with Crippen LogP contribution < -0.4 is 38.7 Å². The first-order valence-electron chi connectivity index (χ1n) is 16.5. The third-order valence-electron chi connectivity index (χ3n) is 8.43. The van der Waals surface area contributed by atoms with Gasteiger partial charge in [-0.25, -0.2) is 5.43 Å². The molecule has 0 aromatic carbocycles. The number of allylic oxidation sites excluding steroid dienone is 2.